The number of carbonyl (C=O) groups is 1. The third kappa shape index (κ3) is 2.58. The molecule has 1 heterocycles. The number of halogens is 3. The lowest BCUT2D eigenvalue weighted by Gasteiger charge is -2.35. The first-order valence-corrected chi connectivity index (χ1v) is 6.20. The van der Waals surface area contributed by atoms with Gasteiger partial charge >= 0.3 is 0 Å². The van der Waals surface area contributed by atoms with Crippen LogP contribution in [0.2, 0.25) is 0 Å². The number of carbonyl (C=O) groups excluding carboxylic acids is 1. The van der Waals surface area contributed by atoms with E-state index < -0.39 is 28.9 Å². The number of piperidine rings is 1. The quantitative estimate of drug-likeness (QED) is 0.838. The van der Waals surface area contributed by atoms with Crippen molar-refractivity contribution in [2.24, 2.45) is 5.73 Å². The number of nitrogens with zero attached hydrogens (tertiary/aromatic N) is 1. The number of hydrogen-bond acceptors (Lipinski definition) is 2. The number of nitrogens with two attached hydrogens (primary N) is 1. The van der Waals surface area contributed by atoms with Crippen molar-refractivity contribution in [3.05, 3.63) is 35.1 Å². The van der Waals surface area contributed by atoms with Crippen LogP contribution in [0.5, 0.6) is 0 Å². The Labute approximate surface area is 109 Å². The monoisotopic (exact) mass is 272 g/mol. The Morgan fingerprint density at radius 1 is 1.26 bits per heavy atom. The summed E-state index contributed by atoms with van der Waals surface area (Å²) in [6.45, 7) is 0.732. The minimum atomic E-state index is -1.62. The fraction of sp³-hybridized carbons (Fsp3) is 0.462. The van der Waals surface area contributed by atoms with E-state index in [1.165, 1.54) is 4.90 Å². The summed E-state index contributed by atoms with van der Waals surface area (Å²) in [6, 6.07) is 1.56. The van der Waals surface area contributed by atoms with Gasteiger partial charge in [-0.15, -0.1) is 0 Å². The summed E-state index contributed by atoms with van der Waals surface area (Å²) in [7, 11) is 0. The average Bonchev–Trinajstić information content (AvgIpc) is 2.44. The van der Waals surface area contributed by atoms with Gasteiger partial charge in [0.1, 0.15) is 0 Å². The molecular weight excluding hydrogens is 257 g/mol. The van der Waals surface area contributed by atoms with Gasteiger partial charge in [-0.25, -0.2) is 13.2 Å². The largest absolute Gasteiger partial charge is 0.334 e. The summed E-state index contributed by atoms with van der Waals surface area (Å²) in [4.78, 5) is 13.6. The zero-order chi connectivity index (χ0) is 14.0. The van der Waals surface area contributed by atoms with Gasteiger partial charge < -0.3 is 10.6 Å². The molecule has 0 radical (unpaired) electrons. The van der Waals surface area contributed by atoms with Crippen LogP contribution in [0.3, 0.4) is 0 Å². The fourth-order valence-electron chi connectivity index (χ4n) is 2.36. The van der Waals surface area contributed by atoms with E-state index in [1.54, 1.807) is 0 Å². The molecule has 0 aliphatic carbocycles. The van der Waals surface area contributed by atoms with Crippen LogP contribution in [0.1, 0.15) is 29.6 Å². The van der Waals surface area contributed by atoms with Crippen molar-refractivity contribution in [3.63, 3.8) is 0 Å². The Hall–Kier alpha value is -1.56. The second-order valence-corrected chi connectivity index (χ2v) is 4.61. The number of benzene rings is 1. The van der Waals surface area contributed by atoms with E-state index >= 15 is 0 Å². The van der Waals surface area contributed by atoms with Crippen LogP contribution < -0.4 is 5.73 Å². The highest BCUT2D eigenvalue weighted by Gasteiger charge is 2.29. The minimum absolute atomic E-state index is 0.172. The van der Waals surface area contributed by atoms with Gasteiger partial charge in [0.15, 0.2) is 17.5 Å². The van der Waals surface area contributed by atoms with Gasteiger partial charge in [0.25, 0.3) is 5.91 Å². The predicted molar refractivity (Wildman–Crippen MR) is 64.0 cm³/mol. The van der Waals surface area contributed by atoms with Crippen LogP contribution in [0.25, 0.3) is 0 Å². The normalized spacial score (nSPS) is 19.6. The summed E-state index contributed by atoms with van der Waals surface area (Å²) in [5.74, 6) is -4.99. The Morgan fingerprint density at radius 2 is 2.00 bits per heavy atom. The standard InChI is InChI=1S/C13H15F3N2O/c14-10-5-4-9(11(15)12(10)16)13(19)18-6-2-1-3-8(18)7-17/h4-5,8H,1-3,6-7,17H2. The maximum absolute atomic E-state index is 13.6. The van der Waals surface area contributed by atoms with Crippen LogP contribution in [0, 0.1) is 17.5 Å². The molecule has 1 atom stereocenters. The fourth-order valence-corrected chi connectivity index (χ4v) is 2.36. The molecule has 1 aliphatic heterocycles. The molecular formula is C13H15F3N2O. The summed E-state index contributed by atoms with van der Waals surface area (Å²) in [5, 5.41) is 0. The highest BCUT2D eigenvalue weighted by atomic mass is 19.2. The van der Waals surface area contributed by atoms with Crippen molar-refractivity contribution in [2.75, 3.05) is 13.1 Å². The SMILES string of the molecule is NCC1CCCCN1C(=O)c1ccc(F)c(F)c1F. The molecule has 0 saturated carbocycles. The second-order valence-electron chi connectivity index (χ2n) is 4.61. The molecule has 1 amide bonds. The lowest BCUT2D eigenvalue weighted by atomic mass is 10.0. The molecule has 1 saturated heterocycles. The molecule has 2 rings (SSSR count). The van der Waals surface area contributed by atoms with Crippen LogP contribution in [0.15, 0.2) is 12.1 Å². The minimum Gasteiger partial charge on any atom is -0.334 e. The molecule has 3 nitrogen and oxygen atoms in total. The molecule has 1 fully saturated rings. The molecule has 104 valence electrons. The molecule has 2 N–H and O–H groups in total. The number of likely N-dealkylation sites (tertiary alicyclic amines) is 1. The van der Waals surface area contributed by atoms with Gasteiger partial charge in [0, 0.05) is 19.1 Å². The summed E-state index contributed by atoms with van der Waals surface area (Å²) < 4.78 is 39.6. The lowest BCUT2D eigenvalue weighted by molar-refractivity contribution is 0.0617. The smallest absolute Gasteiger partial charge is 0.257 e. The summed E-state index contributed by atoms with van der Waals surface area (Å²) >= 11 is 0. The van der Waals surface area contributed by atoms with E-state index in [1.807, 2.05) is 0 Å². The zero-order valence-corrected chi connectivity index (χ0v) is 10.3. The highest BCUT2D eigenvalue weighted by molar-refractivity contribution is 5.94. The predicted octanol–water partition coefficient (Wildman–Crippen LogP) is 2.06. The first kappa shape index (κ1) is 13.9. The molecule has 1 aromatic carbocycles. The molecule has 0 bridgehead atoms. The first-order valence-electron chi connectivity index (χ1n) is 6.20. The van der Waals surface area contributed by atoms with E-state index in [0.717, 1.165) is 31.4 Å². The van der Waals surface area contributed by atoms with Gasteiger partial charge in [0.2, 0.25) is 0 Å². The third-order valence-corrected chi connectivity index (χ3v) is 3.43. The van der Waals surface area contributed by atoms with E-state index in [2.05, 4.69) is 0 Å². The Morgan fingerprint density at radius 3 is 2.68 bits per heavy atom. The number of hydrogen-bond donors (Lipinski definition) is 1. The lowest BCUT2D eigenvalue weighted by Crippen LogP contribution is -2.47. The van der Waals surface area contributed by atoms with E-state index in [9.17, 15) is 18.0 Å². The van der Waals surface area contributed by atoms with Gasteiger partial charge in [-0.05, 0) is 31.4 Å². The van der Waals surface area contributed by atoms with Crippen molar-refractivity contribution < 1.29 is 18.0 Å². The Balaban J connectivity index is 2.31. The van der Waals surface area contributed by atoms with Crippen LogP contribution in [-0.2, 0) is 0 Å². The second kappa shape index (κ2) is 5.61. The van der Waals surface area contributed by atoms with Gasteiger partial charge in [0.05, 0.1) is 5.56 Å². The molecule has 1 unspecified atom stereocenters. The number of amides is 1. The molecule has 1 aliphatic rings. The van der Waals surface area contributed by atoms with Crippen molar-refractivity contribution in [3.8, 4) is 0 Å². The third-order valence-electron chi connectivity index (χ3n) is 3.43. The number of rotatable bonds is 2. The van der Waals surface area contributed by atoms with E-state index in [-0.39, 0.29) is 12.6 Å². The zero-order valence-electron chi connectivity index (χ0n) is 10.3. The average molecular weight is 272 g/mol. The van der Waals surface area contributed by atoms with Crippen molar-refractivity contribution in [1.82, 2.24) is 4.90 Å². The Kier molecular flexibility index (Phi) is 4.09. The Bertz CT molecular complexity index is 493. The summed E-state index contributed by atoms with van der Waals surface area (Å²) in [6.07, 6.45) is 2.49. The maximum atomic E-state index is 13.6. The van der Waals surface area contributed by atoms with Crippen LogP contribution in [0.4, 0.5) is 13.2 Å². The molecule has 0 spiro atoms. The molecule has 19 heavy (non-hydrogen) atoms. The summed E-state index contributed by atoms with van der Waals surface area (Å²) in [5.41, 5.74) is 5.13. The van der Waals surface area contributed by atoms with E-state index in [4.69, 9.17) is 5.73 Å². The van der Waals surface area contributed by atoms with Gasteiger partial charge in [-0.2, -0.15) is 0 Å². The van der Waals surface area contributed by atoms with E-state index in [0.29, 0.717) is 6.54 Å². The topological polar surface area (TPSA) is 46.3 Å². The molecule has 6 heteroatoms. The van der Waals surface area contributed by atoms with Crippen molar-refractivity contribution in [1.29, 1.82) is 0 Å². The first-order chi connectivity index (χ1) is 9.06. The van der Waals surface area contributed by atoms with Crippen molar-refractivity contribution >= 4 is 5.91 Å². The van der Waals surface area contributed by atoms with Gasteiger partial charge in [-0.3, -0.25) is 4.79 Å². The van der Waals surface area contributed by atoms with Crippen molar-refractivity contribution in [2.45, 2.75) is 25.3 Å². The van der Waals surface area contributed by atoms with Crippen LogP contribution in [-0.4, -0.2) is 29.9 Å². The maximum Gasteiger partial charge on any atom is 0.257 e. The van der Waals surface area contributed by atoms with Gasteiger partial charge in [-0.1, -0.05) is 0 Å². The molecule has 1 aromatic rings. The molecule has 0 aromatic heterocycles. The van der Waals surface area contributed by atoms with Crippen LogP contribution >= 0.6 is 0 Å². The highest BCUT2D eigenvalue weighted by Crippen LogP contribution is 2.22.